The van der Waals surface area contributed by atoms with Gasteiger partial charge in [-0.05, 0) is 24.6 Å². The summed E-state index contributed by atoms with van der Waals surface area (Å²) >= 11 is 3.27. The van der Waals surface area contributed by atoms with Gasteiger partial charge in [-0.25, -0.2) is 8.42 Å². The van der Waals surface area contributed by atoms with E-state index < -0.39 is 21.5 Å². The first-order valence-corrected chi connectivity index (χ1v) is 8.63. The van der Waals surface area contributed by atoms with Crippen molar-refractivity contribution in [3.63, 3.8) is 0 Å². The first kappa shape index (κ1) is 15.7. The first-order chi connectivity index (χ1) is 9.84. The van der Waals surface area contributed by atoms with Crippen LogP contribution in [0.2, 0.25) is 0 Å². The minimum atomic E-state index is -3.56. The summed E-state index contributed by atoms with van der Waals surface area (Å²) in [6, 6.07) is 8.46. The van der Waals surface area contributed by atoms with E-state index in [2.05, 4.69) is 26.4 Å². The van der Waals surface area contributed by atoms with Gasteiger partial charge in [0.2, 0.25) is 5.91 Å². The highest BCUT2D eigenvalue weighted by atomic mass is 79.9. The Bertz CT molecular complexity index is 755. The number of halogens is 1. The molecule has 0 aliphatic heterocycles. The molecule has 1 aromatic carbocycles. The molecule has 0 radical (unpaired) electrons. The van der Waals surface area contributed by atoms with Gasteiger partial charge in [0.05, 0.1) is 5.75 Å². The Labute approximate surface area is 130 Å². The van der Waals surface area contributed by atoms with Crippen LogP contribution in [0.1, 0.15) is 11.3 Å². The SMILES string of the molecule is Cc1cc(NC(=O)CS(=O)(=O)Cc2cccc(Br)c2)no1. The molecule has 0 saturated carbocycles. The molecule has 0 aliphatic rings. The second-order valence-electron chi connectivity index (χ2n) is 4.53. The largest absolute Gasteiger partial charge is 0.360 e. The number of rotatable bonds is 5. The summed E-state index contributed by atoms with van der Waals surface area (Å²) in [5.74, 6) is -0.709. The van der Waals surface area contributed by atoms with Gasteiger partial charge in [-0.3, -0.25) is 4.79 Å². The lowest BCUT2D eigenvalue weighted by Crippen LogP contribution is -2.24. The molecule has 1 heterocycles. The van der Waals surface area contributed by atoms with Gasteiger partial charge in [-0.1, -0.05) is 33.2 Å². The van der Waals surface area contributed by atoms with E-state index in [1.807, 2.05) is 0 Å². The highest BCUT2D eigenvalue weighted by Crippen LogP contribution is 2.14. The topological polar surface area (TPSA) is 89.3 Å². The standard InChI is InChI=1S/C13H13BrN2O4S/c1-9-5-12(16-20-9)15-13(17)8-21(18,19)7-10-3-2-4-11(14)6-10/h2-6H,7-8H2,1H3,(H,15,16,17). The van der Waals surface area contributed by atoms with Gasteiger partial charge in [-0.2, -0.15) is 0 Å². The number of sulfone groups is 1. The van der Waals surface area contributed by atoms with Gasteiger partial charge < -0.3 is 9.84 Å². The summed E-state index contributed by atoms with van der Waals surface area (Å²) in [6.07, 6.45) is 0. The lowest BCUT2D eigenvalue weighted by Gasteiger charge is -2.05. The predicted molar refractivity (Wildman–Crippen MR) is 81.5 cm³/mol. The quantitative estimate of drug-likeness (QED) is 0.869. The van der Waals surface area contributed by atoms with E-state index in [9.17, 15) is 13.2 Å². The van der Waals surface area contributed by atoms with Crippen molar-refractivity contribution in [2.75, 3.05) is 11.1 Å². The molecule has 1 aromatic heterocycles. The van der Waals surface area contributed by atoms with Gasteiger partial charge in [-0.15, -0.1) is 0 Å². The van der Waals surface area contributed by atoms with E-state index in [-0.39, 0.29) is 11.6 Å². The van der Waals surface area contributed by atoms with Crippen molar-refractivity contribution in [2.45, 2.75) is 12.7 Å². The van der Waals surface area contributed by atoms with Crippen molar-refractivity contribution < 1.29 is 17.7 Å². The molecule has 1 N–H and O–H groups in total. The van der Waals surface area contributed by atoms with Crippen molar-refractivity contribution in [3.8, 4) is 0 Å². The molecule has 0 spiro atoms. The molecule has 112 valence electrons. The number of aromatic nitrogens is 1. The van der Waals surface area contributed by atoms with E-state index >= 15 is 0 Å². The van der Waals surface area contributed by atoms with Crippen molar-refractivity contribution in [1.82, 2.24) is 5.16 Å². The minimum Gasteiger partial charge on any atom is -0.360 e. The van der Waals surface area contributed by atoms with Crippen LogP contribution in [-0.4, -0.2) is 25.2 Å². The molecule has 2 aromatic rings. The Balaban J connectivity index is 1.98. The molecule has 0 bridgehead atoms. The lowest BCUT2D eigenvalue weighted by molar-refractivity contribution is -0.113. The van der Waals surface area contributed by atoms with Crippen LogP contribution in [0, 0.1) is 6.92 Å². The Morgan fingerprint density at radius 1 is 1.38 bits per heavy atom. The number of benzene rings is 1. The zero-order valence-corrected chi connectivity index (χ0v) is 13.6. The average Bonchev–Trinajstić information content (AvgIpc) is 2.72. The molecule has 0 saturated heterocycles. The zero-order valence-electron chi connectivity index (χ0n) is 11.2. The number of hydrogen-bond acceptors (Lipinski definition) is 5. The maximum atomic E-state index is 12.0. The van der Waals surface area contributed by atoms with Crippen LogP contribution >= 0.6 is 15.9 Å². The van der Waals surface area contributed by atoms with Crippen LogP contribution < -0.4 is 5.32 Å². The smallest absolute Gasteiger partial charge is 0.240 e. The van der Waals surface area contributed by atoms with Crippen molar-refractivity contribution in [3.05, 3.63) is 46.1 Å². The second kappa shape index (κ2) is 6.40. The molecule has 8 heteroatoms. The van der Waals surface area contributed by atoms with Gasteiger partial charge in [0.15, 0.2) is 15.7 Å². The lowest BCUT2D eigenvalue weighted by atomic mass is 10.2. The second-order valence-corrected chi connectivity index (χ2v) is 7.51. The van der Waals surface area contributed by atoms with Crippen molar-refractivity contribution >= 4 is 37.5 Å². The third-order valence-corrected chi connectivity index (χ3v) is 4.49. The maximum absolute atomic E-state index is 12.0. The summed E-state index contributed by atoms with van der Waals surface area (Å²) < 4.78 is 29.6. The van der Waals surface area contributed by atoms with Crippen molar-refractivity contribution in [2.24, 2.45) is 0 Å². The zero-order chi connectivity index (χ0) is 15.5. The maximum Gasteiger partial charge on any atom is 0.240 e. The molecular formula is C13H13BrN2O4S. The Morgan fingerprint density at radius 3 is 2.76 bits per heavy atom. The number of carbonyl (C=O) groups excluding carboxylic acids is 1. The Morgan fingerprint density at radius 2 is 2.14 bits per heavy atom. The summed E-state index contributed by atoms with van der Waals surface area (Å²) in [6.45, 7) is 1.67. The fourth-order valence-corrected chi connectivity index (χ4v) is 3.44. The van der Waals surface area contributed by atoms with E-state index in [1.54, 1.807) is 31.2 Å². The van der Waals surface area contributed by atoms with Crippen LogP contribution in [0.4, 0.5) is 5.82 Å². The summed E-state index contributed by atoms with van der Waals surface area (Å²) in [5, 5.41) is 5.96. The van der Waals surface area contributed by atoms with Crippen molar-refractivity contribution in [1.29, 1.82) is 0 Å². The first-order valence-electron chi connectivity index (χ1n) is 6.02. The normalized spacial score (nSPS) is 11.3. The van der Waals surface area contributed by atoms with Crippen LogP contribution in [0.5, 0.6) is 0 Å². The Kier molecular flexibility index (Phi) is 4.79. The Hall–Kier alpha value is -1.67. The number of aryl methyl sites for hydroxylation is 1. The van der Waals surface area contributed by atoms with Crippen LogP contribution in [-0.2, 0) is 20.4 Å². The number of anilines is 1. The van der Waals surface area contributed by atoms with Crippen LogP contribution in [0.25, 0.3) is 0 Å². The number of nitrogens with one attached hydrogen (secondary N) is 1. The summed E-state index contributed by atoms with van der Waals surface area (Å²) in [4.78, 5) is 11.7. The van der Waals surface area contributed by atoms with Gasteiger partial charge in [0.1, 0.15) is 11.5 Å². The number of hydrogen-bond donors (Lipinski definition) is 1. The number of amides is 1. The molecule has 0 aliphatic carbocycles. The van der Waals surface area contributed by atoms with Gasteiger partial charge in [0, 0.05) is 10.5 Å². The fourth-order valence-electron chi connectivity index (χ4n) is 1.74. The van der Waals surface area contributed by atoms with Gasteiger partial charge >= 0.3 is 0 Å². The summed E-state index contributed by atoms with van der Waals surface area (Å²) in [7, 11) is -3.56. The molecule has 0 unspecified atom stereocenters. The third kappa shape index (κ3) is 4.98. The third-order valence-electron chi connectivity index (χ3n) is 2.52. The monoisotopic (exact) mass is 372 g/mol. The van der Waals surface area contributed by atoms with E-state index in [1.165, 1.54) is 6.07 Å². The number of nitrogens with zero attached hydrogens (tertiary/aromatic N) is 1. The van der Waals surface area contributed by atoms with E-state index in [0.29, 0.717) is 11.3 Å². The highest BCUT2D eigenvalue weighted by Gasteiger charge is 2.18. The summed E-state index contributed by atoms with van der Waals surface area (Å²) in [5.41, 5.74) is 0.620. The van der Waals surface area contributed by atoms with E-state index in [0.717, 1.165) is 4.47 Å². The van der Waals surface area contributed by atoms with E-state index in [4.69, 9.17) is 4.52 Å². The molecule has 1 amide bonds. The fraction of sp³-hybridized carbons (Fsp3) is 0.231. The highest BCUT2D eigenvalue weighted by molar-refractivity contribution is 9.10. The molecule has 6 nitrogen and oxygen atoms in total. The molecule has 0 atom stereocenters. The minimum absolute atomic E-state index is 0.197. The number of carbonyl (C=O) groups is 1. The average molecular weight is 373 g/mol. The predicted octanol–water partition coefficient (Wildman–Crippen LogP) is 2.30. The molecule has 2 rings (SSSR count). The van der Waals surface area contributed by atoms with Crippen LogP contribution in [0.3, 0.4) is 0 Å². The molecular weight excluding hydrogens is 360 g/mol. The van der Waals surface area contributed by atoms with Gasteiger partial charge in [0.25, 0.3) is 0 Å². The van der Waals surface area contributed by atoms with Crippen LogP contribution in [0.15, 0.2) is 39.3 Å². The molecule has 21 heavy (non-hydrogen) atoms. The molecule has 0 fully saturated rings.